The maximum Gasteiger partial charge on any atom is 0.233 e. The monoisotopic (exact) mass is 414 g/mol. The molecule has 0 spiro atoms. The molecule has 1 N–H and O–H groups in total. The lowest BCUT2D eigenvalue weighted by Crippen LogP contribution is -2.32. The van der Waals surface area contributed by atoms with Crippen molar-refractivity contribution in [2.45, 2.75) is 56.0 Å². The van der Waals surface area contributed by atoms with Crippen molar-refractivity contribution in [2.75, 3.05) is 6.54 Å². The topological polar surface area (TPSA) is 59.8 Å². The van der Waals surface area contributed by atoms with Crippen LogP contribution in [0.25, 0.3) is 11.4 Å². The zero-order valence-corrected chi connectivity index (χ0v) is 17.6. The Morgan fingerprint density at radius 3 is 2.83 bits per heavy atom. The second kappa shape index (κ2) is 10.4. The van der Waals surface area contributed by atoms with Crippen molar-refractivity contribution >= 4 is 17.7 Å². The molecule has 1 amide bonds. The van der Waals surface area contributed by atoms with E-state index in [0.29, 0.717) is 24.1 Å². The van der Waals surface area contributed by atoms with Crippen molar-refractivity contribution < 1.29 is 9.18 Å². The third-order valence-electron chi connectivity index (χ3n) is 4.91. The fourth-order valence-electron chi connectivity index (χ4n) is 3.32. The summed E-state index contributed by atoms with van der Waals surface area (Å²) in [5.41, 5.74) is 2.22. The van der Waals surface area contributed by atoms with Crippen LogP contribution in [0.2, 0.25) is 0 Å². The van der Waals surface area contributed by atoms with Crippen LogP contribution in [0.3, 0.4) is 0 Å². The summed E-state index contributed by atoms with van der Waals surface area (Å²) in [6, 6.07) is 6.13. The van der Waals surface area contributed by atoms with Crippen LogP contribution in [0, 0.1) is 5.82 Å². The van der Waals surface area contributed by atoms with Gasteiger partial charge < -0.3 is 5.32 Å². The molecular weight excluding hydrogens is 387 g/mol. The van der Waals surface area contributed by atoms with E-state index in [9.17, 15) is 9.18 Å². The van der Waals surface area contributed by atoms with Crippen LogP contribution in [0.4, 0.5) is 4.39 Å². The number of amides is 1. The maximum atomic E-state index is 13.2. The Labute approximate surface area is 175 Å². The van der Waals surface area contributed by atoms with E-state index in [1.807, 2.05) is 11.5 Å². The van der Waals surface area contributed by atoms with Gasteiger partial charge in [-0.15, -0.1) is 16.8 Å². The van der Waals surface area contributed by atoms with E-state index in [1.54, 1.807) is 18.2 Å². The molecule has 0 unspecified atom stereocenters. The van der Waals surface area contributed by atoms with Gasteiger partial charge in [-0.3, -0.25) is 9.36 Å². The van der Waals surface area contributed by atoms with E-state index in [2.05, 4.69) is 28.2 Å². The number of thioether (sulfide) groups is 1. The van der Waals surface area contributed by atoms with Crippen LogP contribution in [0.1, 0.15) is 39.0 Å². The summed E-state index contributed by atoms with van der Waals surface area (Å²) in [6.07, 6.45) is 9.81. The lowest BCUT2D eigenvalue weighted by Gasteiger charge is -2.15. The summed E-state index contributed by atoms with van der Waals surface area (Å²) in [4.78, 5) is 12.5. The first-order valence-corrected chi connectivity index (χ1v) is 10.9. The van der Waals surface area contributed by atoms with E-state index >= 15 is 0 Å². The normalized spacial score (nSPS) is 14.9. The number of rotatable bonds is 9. The standard InChI is InChI=1S/C22H27FN4OS/c1-3-15-27-20(18-9-11-19(23)12-10-18)25-26-22(27)29-16(2)21(28)24-14-13-17-7-5-4-6-8-17/h3,7,9-12,16H,1,4-6,8,13-15H2,2H3,(H,24,28)/t16-/m1/s1. The van der Waals surface area contributed by atoms with Crippen molar-refractivity contribution in [3.63, 3.8) is 0 Å². The van der Waals surface area contributed by atoms with Gasteiger partial charge in [-0.05, 0) is 63.3 Å². The number of allylic oxidation sites excluding steroid dienone is 2. The highest BCUT2D eigenvalue weighted by molar-refractivity contribution is 8.00. The van der Waals surface area contributed by atoms with Gasteiger partial charge in [0.15, 0.2) is 11.0 Å². The Morgan fingerprint density at radius 2 is 2.14 bits per heavy atom. The Hall–Kier alpha value is -2.41. The van der Waals surface area contributed by atoms with E-state index < -0.39 is 0 Å². The van der Waals surface area contributed by atoms with Gasteiger partial charge >= 0.3 is 0 Å². The molecule has 1 aromatic carbocycles. The molecule has 0 bridgehead atoms. The largest absolute Gasteiger partial charge is 0.355 e. The molecule has 1 heterocycles. The Morgan fingerprint density at radius 1 is 1.34 bits per heavy atom. The molecule has 2 aromatic rings. The van der Waals surface area contributed by atoms with Gasteiger partial charge in [-0.25, -0.2) is 4.39 Å². The second-order valence-electron chi connectivity index (χ2n) is 7.12. The van der Waals surface area contributed by atoms with E-state index in [1.165, 1.54) is 42.3 Å². The molecule has 0 saturated heterocycles. The molecule has 0 fully saturated rings. The molecule has 0 saturated carbocycles. The number of aromatic nitrogens is 3. The predicted molar refractivity (Wildman–Crippen MR) is 115 cm³/mol. The molecule has 1 aromatic heterocycles. The summed E-state index contributed by atoms with van der Waals surface area (Å²) in [6.45, 7) is 6.83. The van der Waals surface area contributed by atoms with Crippen LogP contribution in [-0.4, -0.2) is 32.5 Å². The van der Waals surface area contributed by atoms with Crippen LogP contribution in [0.5, 0.6) is 0 Å². The maximum absolute atomic E-state index is 13.2. The van der Waals surface area contributed by atoms with Gasteiger partial charge in [0.1, 0.15) is 5.82 Å². The number of carbonyl (C=O) groups is 1. The molecule has 7 heteroatoms. The minimum atomic E-state index is -0.302. The first kappa shape index (κ1) is 21.3. The third kappa shape index (κ3) is 5.79. The average molecular weight is 415 g/mol. The van der Waals surface area contributed by atoms with Crippen molar-refractivity contribution in [3.8, 4) is 11.4 Å². The quantitative estimate of drug-likeness (QED) is 0.475. The Bertz CT molecular complexity index is 875. The Kier molecular flexibility index (Phi) is 7.63. The predicted octanol–water partition coefficient (Wildman–Crippen LogP) is 4.76. The fourth-order valence-corrected chi connectivity index (χ4v) is 4.20. The van der Waals surface area contributed by atoms with Gasteiger partial charge in [0.25, 0.3) is 0 Å². The SMILES string of the molecule is C=CCn1c(S[C@H](C)C(=O)NCCC2=CCCCC2)nnc1-c1ccc(F)cc1. The highest BCUT2D eigenvalue weighted by Gasteiger charge is 2.20. The number of carbonyl (C=O) groups excluding carboxylic acids is 1. The third-order valence-corrected chi connectivity index (χ3v) is 5.99. The first-order valence-electron chi connectivity index (χ1n) is 10.0. The zero-order valence-electron chi connectivity index (χ0n) is 16.7. The van der Waals surface area contributed by atoms with Crippen LogP contribution in [0.15, 0.2) is 53.7 Å². The van der Waals surface area contributed by atoms with Crippen molar-refractivity contribution in [3.05, 3.63) is 54.4 Å². The summed E-state index contributed by atoms with van der Waals surface area (Å²) < 4.78 is 15.1. The number of hydrogen-bond acceptors (Lipinski definition) is 4. The highest BCUT2D eigenvalue weighted by Crippen LogP contribution is 2.27. The number of hydrogen-bond donors (Lipinski definition) is 1. The lowest BCUT2D eigenvalue weighted by molar-refractivity contribution is -0.120. The summed E-state index contributed by atoms with van der Waals surface area (Å²) in [5.74, 6) is 0.319. The van der Waals surface area contributed by atoms with Gasteiger partial charge in [0, 0.05) is 18.7 Å². The summed E-state index contributed by atoms with van der Waals surface area (Å²) in [7, 11) is 0. The minimum absolute atomic E-state index is 0.0112. The molecule has 154 valence electrons. The van der Waals surface area contributed by atoms with Crippen molar-refractivity contribution in [1.82, 2.24) is 20.1 Å². The van der Waals surface area contributed by atoms with E-state index in [0.717, 1.165) is 24.8 Å². The zero-order chi connectivity index (χ0) is 20.6. The van der Waals surface area contributed by atoms with Gasteiger partial charge in [-0.2, -0.15) is 0 Å². The molecule has 0 radical (unpaired) electrons. The van der Waals surface area contributed by atoms with Crippen LogP contribution in [-0.2, 0) is 11.3 Å². The van der Waals surface area contributed by atoms with Gasteiger partial charge in [0.2, 0.25) is 5.91 Å². The molecular formula is C22H27FN4OS. The number of halogens is 1. The lowest BCUT2D eigenvalue weighted by atomic mass is 9.97. The molecule has 5 nitrogen and oxygen atoms in total. The molecule has 0 aliphatic heterocycles. The summed E-state index contributed by atoms with van der Waals surface area (Å²) in [5, 5.41) is 11.9. The first-order chi connectivity index (χ1) is 14.1. The number of nitrogens with one attached hydrogen (secondary N) is 1. The minimum Gasteiger partial charge on any atom is -0.355 e. The van der Waals surface area contributed by atoms with Crippen molar-refractivity contribution in [2.24, 2.45) is 0 Å². The molecule has 1 aliphatic carbocycles. The van der Waals surface area contributed by atoms with Crippen LogP contribution < -0.4 is 5.32 Å². The smallest absolute Gasteiger partial charge is 0.233 e. The fraction of sp³-hybridized carbons (Fsp3) is 0.409. The number of benzene rings is 1. The second-order valence-corrected chi connectivity index (χ2v) is 8.43. The molecule has 1 atom stereocenters. The highest BCUT2D eigenvalue weighted by atomic mass is 32.2. The van der Waals surface area contributed by atoms with Gasteiger partial charge in [0.05, 0.1) is 5.25 Å². The van der Waals surface area contributed by atoms with Crippen LogP contribution >= 0.6 is 11.8 Å². The Balaban J connectivity index is 1.62. The average Bonchev–Trinajstić information content (AvgIpc) is 3.12. The van der Waals surface area contributed by atoms with E-state index in [4.69, 9.17) is 0 Å². The number of nitrogens with zero attached hydrogens (tertiary/aromatic N) is 3. The molecule has 3 rings (SSSR count). The van der Waals surface area contributed by atoms with E-state index in [-0.39, 0.29) is 17.0 Å². The van der Waals surface area contributed by atoms with Gasteiger partial charge in [-0.1, -0.05) is 29.5 Å². The van der Waals surface area contributed by atoms with Crippen molar-refractivity contribution in [1.29, 1.82) is 0 Å². The molecule has 1 aliphatic rings. The summed E-state index contributed by atoms with van der Waals surface area (Å²) >= 11 is 1.36. The molecule has 29 heavy (non-hydrogen) atoms.